The number of anilines is 2. The molecular weight excluding hydrogens is 262 g/mol. The smallest absolute Gasteiger partial charge is 0.230 e. The van der Waals surface area contributed by atoms with Crippen molar-refractivity contribution in [1.82, 2.24) is 15.0 Å². The predicted octanol–water partition coefficient (Wildman–Crippen LogP) is 2.73. The van der Waals surface area contributed by atoms with E-state index in [9.17, 15) is 0 Å². The number of hydrogen-bond donors (Lipinski definition) is 1. The normalized spacial score (nSPS) is 15.2. The molecule has 1 aromatic heterocycles. The van der Waals surface area contributed by atoms with Gasteiger partial charge in [-0.1, -0.05) is 17.7 Å². The maximum atomic E-state index is 5.90. The highest BCUT2D eigenvalue weighted by Crippen LogP contribution is 2.24. The Morgan fingerprint density at radius 2 is 1.76 bits per heavy atom. The average molecular weight is 283 g/mol. The van der Waals surface area contributed by atoms with Gasteiger partial charge in [0.05, 0.1) is 0 Å². The fourth-order valence-electron chi connectivity index (χ4n) is 2.71. The third-order valence-corrected chi connectivity index (χ3v) is 3.91. The SMILES string of the molecule is Cc1ccc(C)c(-c2nc(N)nc(N3CCCCC3)n2)c1. The van der Waals surface area contributed by atoms with Crippen LogP contribution in [0.1, 0.15) is 30.4 Å². The lowest BCUT2D eigenvalue weighted by Gasteiger charge is -2.26. The summed E-state index contributed by atoms with van der Waals surface area (Å²) in [5.74, 6) is 1.67. The highest BCUT2D eigenvalue weighted by atomic mass is 15.3. The van der Waals surface area contributed by atoms with E-state index in [0.717, 1.165) is 24.2 Å². The first kappa shape index (κ1) is 13.8. The first-order valence-electron chi connectivity index (χ1n) is 7.47. The van der Waals surface area contributed by atoms with Crippen molar-refractivity contribution in [3.63, 3.8) is 0 Å². The molecule has 110 valence electrons. The van der Waals surface area contributed by atoms with Crippen molar-refractivity contribution in [3.05, 3.63) is 29.3 Å². The zero-order chi connectivity index (χ0) is 14.8. The minimum atomic E-state index is 0.293. The molecule has 0 amide bonds. The van der Waals surface area contributed by atoms with E-state index in [0.29, 0.717) is 17.7 Å². The maximum absolute atomic E-state index is 5.90. The Balaban J connectivity index is 2.02. The summed E-state index contributed by atoms with van der Waals surface area (Å²) in [7, 11) is 0. The minimum absolute atomic E-state index is 0.293. The second-order valence-electron chi connectivity index (χ2n) is 5.68. The van der Waals surface area contributed by atoms with Crippen LogP contribution in [-0.2, 0) is 0 Å². The number of nitrogen functional groups attached to an aromatic ring is 1. The van der Waals surface area contributed by atoms with Crippen LogP contribution in [0.15, 0.2) is 18.2 Å². The van der Waals surface area contributed by atoms with Gasteiger partial charge in [-0.2, -0.15) is 15.0 Å². The molecule has 5 heteroatoms. The first-order chi connectivity index (χ1) is 10.1. The molecule has 2 aromatic rings. The largest absolute Gasteiger partial charge is 0.368 e. The van der Waals surface area contributed by atoms with Gasteiger partial charge in [0.15, 0.2) is 5.82 Å². The van der Waals surface area contributed by atoms with Crippen LogP contribution in [0.3, 0.4) is 0 Å². The van der Waals surface area contributed by atoms with Crippen molar-refractivity contribution < 1.29 is 0 Å². The zero-order valence-electron chi connectivity index (χ0n) is 12.6. The second-order valence-corrected chi connectivity index (χ2v) is 5.68. The number of aryl methyl sites for hydroxylation is 2. The molecule has 0 atom stereocenters. The van der Waals surface area contributed by atoms with Gasteiger partial charge in [0.1, 0.15) is 0 Å². The summed E-state index contributed by atoms with van der Waals surface area (Å²) in [6.07, 6.45) is 3.65. The molecule has 21 heavy (non-hydrogen) atoms. The van der Waals surface area contributed by atoms with Crippen molar-refractivity contribution in [2.75, 3.05) is 23.7 Å². The van der Waals surface area contributed by atoms with E-state index in [4.69, 9.17) is 5.73 Å². The first-order valence-corrected chi connectivity index (χ1v) is 7.47. The zero-order valence-corrected chi connectivity index (χ0v) is 12.6. The fourth-order valence-corrected chi connectivity index (χ4v) is 2.71. The minimum Gasteiger partial charge on any atom is -0.368 e. The summed E-state index contributed by atoms with van der Waals surface area (Å²) >= 11 is 0. The Morgan fingerprint density at radius 3 is 2.52 bits per heavy atom. The number of nitrogens with zero attached hydrogens (tertiary/aromatic N) is 4. The lowest BCUT2D eigenvalue weighted by atomic mass is 10.1. The molecule has 5 nitrogen and oxygen atoms in total. The van der Waals surface area contributed by atoms with Crippen LogP contribution in [0.2, 0.25) is 0 Å². The maximum Gasteiger partial charge on any atom is 0.230 e. The Bertz CT molecular complexity index is 647. The molecule has 1 fully saturated rings. The van der Waals surface area contributed by atoms with Gasteiger partial charge in [0.2, 0.25) is 11.9 Å². The van der Waals surface area contributed by atoms with Crippen molar-refractivity contribution in [2.24, 2.45) is 0 Å². The number of benzene rings is 1. The van der Waals surface area contributed by atoms with Crippen LogP contribution >= 0.6 is 0 Å². The Hall–Kier alpha value is -2.17. The lowest BCUT2D eigenvalue weighted by Crippen LogP contribution is -2.31. The van der Waals surface area contributed by atoms with Gasteiger partial charge in [-0.3, -0.25) is 0 Å². The van der Waals surface area contributed by atoms with Gasteiger partial charge in [-0.15, -0.1) is 0 Å². The monoisotopic (exact) mass is 283 g/mol. The number of aromatic nitrogens is 3. The van der Waals surface area contributed by atoms with Crippen LogP contribution in [-0.4, -0.2) is 28.0 Å². The third-order valence-electron chi connectivity index (χ3n) is 3.91. The Kier molecular flexibility index (Phi) is 3.73. The van der Waals surface area contributed by atoms with Crippen LogP contribution in [0.5, 0.6) is 0 Å². The molecule has 2 heterocycles. The molecule has 0 bridgehead atoms. The van der Waals surface area contributed by atoms with Crippen LogP contribution in [0, 0.1) is 13.8 Å². The Labute approximate surface area is 125 Å². The summed E-state index contributed by atoms with van der Waals surface area (Å²) in [5, 5.41) is 0. The number of piperidine rings is 1. The summed E-state index contributed by atoms with van der Waals surface area (Å²) in [6, 6.07) is 6.28. The van der Waals surface area contributed by atoms with Crippen molar-refractivity contribution in [3.8, 4) is 11.4 Å². The van der Waals surface area contributed by atoms with E-state index in [1.54, 1.807) is 0 Å². The molecule has 3 rings (SSSR count). The molecule has 1 aromatic carbocycles. The van der Waals surface area contributed by atoms with Gasteiger partial charge in [-0.25, -0.2) is 0 Å². The van der Waals surface area contributed by atoms with E-state index in [-0.39, 0.29) is 0 Å². The summed E-state index contributed by atoms with van der Waals surface area (Å²) < 4.78 is 0. The van der Waals surface area contributed by atoms with Crippen molar-refractivity contribution in [1.29, 1.82) is 0 Å². The number of rotatable bonds is 2. The molecule has 0 radical (unpaired) electrons. The molecule has 2 N–H and O–H groups in total. The summed E-state index contributed by atoms with van der Waals surface area (Å²) in [6.45, 7) is 6.12. The third kappa shape index (κ3) is 2.96. The fraction of sp³-hybridized carbons (Fsp3) is 0.438. The van der Waals surface area contributed by atoms with E-state index >= 15 is 0 Å². The number of hydrogen-bond acceptors (Lipinski definition) is 5. The van der Waals surface area contributed by atoms with Gasteiger partial charge in [0.25, 0.3) is 0 Å². The van der Waals surface area contributed by atoms with Crippen molar-refractivity contribution >= 4 is 11.9 Å². The van der Waals surface area contributed by atoms with Gasteiger partial charge in [0, 0.05) is 18.7 Å². The summed E-state index contributed by atoms with van der Waals surface area (Å²) in [5.41, 5.74) is 9.27. The highest BCUT2D eigenvalue weighted by molar-refractivity contribution is 5.63. The topological polar surface area (TPSA) is 67.9 Å². The highest BCUT2D eigenvalue weighted by Gasteiger charge is 2.16. The van der Waals surface area contributed by atoms with Gasteiger partial charge >= 0.3 is 0 Å². The molecular formula is C16H21N5. The quantitative estimate of drug-likeness (QED) is 0.917. The molecule has 1 saturated heterocycles. The average Bonchev–Trinajstić information content (AvgIpc) is 2.50. The van der Waals surface area contributed by atoms with E-state index in [1.165, 1.54) is 24.8 Å². The predicted molar refractivity (Wildman–Crippen MR) is 85.2 cm³/mol. The van der Waals surface area contributed by atoms with E-state index < -0.39 is 0 Å². The van der Waals surface area contributed by atoms with E-state index in [2.05, 4.69) is 51.9 Å². The molecule has 0 aliphatic carbocycles. The van der Waals surface area contributed by atoms with Crippen LogP contribution < -0.4 is 10.6 Å². The van der Waals surface area contributed by atoms with Crippen LogP contribution in [0.25, 0.3) is 11.4 Å². The van der Waals surface area contributed by atoms with E-state index in [1.807, 2.05) is 0 Å². The molecule has 0 unspecified atom stereocenters. The second kappa shape index (κ2) is 5.68. The van der Waals surface area contributed by atoms with Crippen molar-refractivity contribution in [2.45, 2.75) is 33.1 Å². The van der Waals surface area contributed by atoms with Gasteiger partial charge < -0.3 is 10.6 Å². The summed E-state index contributed by atoms with van der Waals surface area (Å²) in [4.78, 5) is 15.5. The number of nitrogens with two attached hydrogens (primary N) is 1. The van der Waals surface area contributed by atoms with Crippen LogP contribution in [0.4, 0.5) is 11.9 Å². The van der Waals surface area contributed by atoms with Gasteiger partial charge in [-0.05, 0) is 44.7 Å². The molecule has 1 aliphatic rings. The lowest BCUT2D eigenvalue weighted by molar-refractivity contribution is 0.568. The molecule has 0 saturated carbocycles. The standard InChI is InChI=1S/C16H21N5/c1-11-6-7-12(2)13(10-11)14-18-15(17)20-16(19-14)21-8-4-3-5-9-21/h6-7,10H,3-5,8-9H2,1-2H3,(H2,17,18,19,20). The molecule has 0 spiro atoms. The molecule has 1 aliphatic heterocycles. The Morgan fingerprint density at radius 1 is 1.00 bits per heavy atom.